The van der Waals surface area contributed by atoms with Gasteiger partial charge in [0, 0.05) is 7.11 Å². The number of hydrogen-bond acceptors (Lipinski definition) is 7. The summed E-state index contributed by atoms with van der Waals surface area (Å²) >= 11 is 0. The van der Waals surface area contributed by atoms with Gasteiger partial charge in [0.2, 0.25) is 15.9 Å². The third-order valence-electron chi connectivity index (χ3n) is 4.39. The van der Waals surface area contributed by atoms with Crippen LogP contribution < -0.4 is 10.0 Å². The van der Waals surface area contributed by atoms with Gasteiger partial charge in [-0.3, -0.25) is 4.79 Å². The molecule has 1 aromatic heterocycles. The smallest absolute Gasteiger partial charge is 0.328 e. The highest BCUT2D eigenvalue weighted by Crippen LogP contribution is 2.32. The zero-order valence-corrected chi connectivity index (χ0v) is 15.7. The maximum absolute atomic E-state index is 12.8. The summed E-state index contributed by atoms with van der Waals surface area (Å²) in [5, 5.41) is 15.2. The van der Waals surface area contributed by atoms with Crippen LogP contribution in [0, 0.1) is 13.8 Å². The largest absolute Gasteiger partial charge is 0.480 e. The average Bonchev–Trinajstić information content (AvgIpc) is 3.14. The first-order valence-corrected chi connectivity index (χ1v) is 9.61. The molecular formula is C15H23N3O7S. The number of nitrogens with one attached hydrogen (secondary N) is 2. The van der Waals surface area contributed by atoms with Gasteiger partial charge >= 0.3 is 5.97 Å². The van der Waals surface area contributed by atoms with Crippen LogP contribution in [-0.2, 0) is 24.3 Å². The molecule has 146 valence electrons. The van der Waals surface area contributed by atoms with Crippen molar-refractivity contribution in [1.82, 2.24) is 15.2 Å². The molecule has 11 heteroatoms. The maximum atomic E-state index is 12.8. The van der Waals surface area contributed by atoms with Crippen LogP contribution in [-0.4, -0.2) is 55.9 Å². The molecule has 0 aliphatic heterocycles. The minimum atomic E-state index is -4.08. The lowest BCUT2D eigenvalue weighted by molar-refractivity contribution is -0.144. The first kappa shape index (κ1) is 20.3. The number of sulfonamides is 1. The Balaban J connectivity index is 2.30. The number of nitrogens with zero attached hydrogens (tertiary/aromatic N) is 1. The molecule has 1 aromatic rings. The Bertz CT molecular complexity index is 762. The molecule has 3 N–H and O–H groups in total. The Kier molecular flexibility index (Phi) is 6.04. The van der Waals surface area contributed by atoms with Gasteiger partial charge in [-0.2, -0.15) is 4.72 Å². The monoisotopic (exact) mass is 389 g/mol. The number of methoxy groups -OCH3 is 1. The molecule has 1 aliphatic carbocycles. The summed E-state index contributed by atoms with van der Waals surface area (Å²) < 4.78 is 37.8. The van der Waals surface area contributed by atoms with E-state index in [1.807, 2.05) is 0 Å². The zero-order chi connectivity index (χ0) is 19.5. The van der Waals surface area contributed by atoms with Gasteiger partial charge in [0.1, 0.15) is 16.1 Å². The number of aliphatic carboxylic acids is 1. The maximum Gasteiger partial charge on any atom is 0.328 e. The molecule has 26 heavy (non-hydrogen) atoms. The van der Waals surface area contributed by atoms with Crippen LogP contribution in [0.4, 0.5) is 0 Å². The molecule has 0 radical (unpaired) electrons. The fraction of sp³-hybridized carbons (Fsp3) is 0.667. The fourth-order valence-corrected chi connectivity index (χ4v) is 4.91. The Morgan fingerprint density at radius 2 is 1.96 bits per heavy atom. The Morgan fingerprint density at radius 1 is 1.35 bits per heavy atom. The Morgan fingerprint density at radius 3 is 2.42 bits per heavy atom. The minimum absolute atomic E-state index is 0.108. The van der Waals surface area contributed by atoms with Gasteiger partial charge in [0.05, 0.1) is 6.61 Å². The highest BCUT2D eigenvalue weighted by atomic mass is 32.2. The van der Waals surface area contributed by atoms with Crippen LogP contribution in [0.2, 0.25) is 0 Å². The van der Waals surface area contributed by atoms with Crippen LogP contribution in [0.5, 0.6) is 0 Å². The number of rotatable bonds is 8. The van der Waals surface area contributed by atoms with Crippen LogP contribution in [0.25, 0.3) is 0 Å². The van der Waals surface area contributed by atoms with Gasteiger partial charge in [-0.15, -0.1) is 0 Å². The summed E-state index contributed by atoms with van der Waals surface area (Å²) in [5.41, 5.74) is -1.23. The van der Waals surface area contributed by atoms with E-state index in [4.69, 9.17) is 9.26 Å². The third-order valence-corrected chi connectivity index (χ3v) is 6.17. The second kappa shape index (κ2) is 7.72. The van der Waals surface area contributed by atoms with Gasteiger partial charge in [0.15, 0.2) is 11.8 Å². The summed E-state index contributed by atoms with van der Waals surface area (Å²) in [7, 11) is -2.77. The van der Waals surface area contributed by atoms with Crippen molar-refractivity contribution in [3.63, 3.8) is 0 Å². The van der Waals surface area contributed by atoms with Crippen LogP contribution in [0.1, 0.15) is 37.1 Å². The standard InChI is InChI=1S/C15H23N3O7S/c1-9-12(10(2)25-17-9)26(22,23)18-15(6-4-5-7-15)14(21)16-11(8-24-3)13(19)20/h11,18H,4-8H2,1-3H3,(H,16,21)(H,19,20). The normalized spacial score (nSPS) is 17.8. The number of aromatic nitrogens is 1. The predicted octanol–water partition coefficient (Wildman–Crippen LogP) is 0.0983. The summed E-state index contributed by atoms with van der Waals surface area (Å²) in [6.07, 6.45) is 1.81. The molecule has 1 unspecified atom stereocenters. The zero-order valence-electron chi connectivity index (χ0n) is 14.9. The summed E-state index contributed by atoms with van der Waals surface area (Å²) in [4.78, 5) is 23.9. The SMILES string of the molecule is COCC(NC(=O)C1(NS(=O)(=O)c2c(C)noc2C)CCCC1)C(=O)O. The predicted molar refractivity (Wildman–Crippen MR) is 88.9 cm³/mol. The second-order valence-electron chi connectivity index (χ2n) is 6.37. The molecule has 0 bridgehead atoms. The van der Waals surface area contributed by atoms with Crippen molar-refractivity contribution in [1.29, 1.82) is 0 Å². The van der Waals surface area contributed by atoms with E-state index < -0.39 is 33.5 Å². The molecule has 1 amide bonds. The van der Waals surface area contributed by atoms with Crippen molar-refractivity contribution < 1.29 is 32.4 Å². The number of carbonyl (C=O) groups excluding carboxylic acids is 1. The van der Waals surface area contributed by atoms with E-state index in [9.17, 15) is 23.1 Å². The molecular weight excluding hydrogens is 366 g/mol. The lowest BCUT2D eigenvalue weighted by Gasteiger charge is -2.30. The second-order valence-corrected chi connectivity index (χ2v) is 7.99. The van der Waals surface area contributed by atoms with Gasteiger partial charge in [-0.25, -0.2) is 13.2 Å². The van der Waals surface area contributed by atoms with Crippen molar-refractivity contribution >= 4 is 21.9 Å². The summed E-state index contributed by atoms with van der Waals surface area (Å²) in [6.45, 7) is 2.73. The van der Waals surface area contributed by atoms with Crippen molar-refractivity contribution in [2.75, 3.05) is 13.7 Å². The van der Waals surface area contributed by atoms with E-state index in [0.717, 1.165) is 0 Å². The lowest BCUT2D eigenvalue weighted by Crippen LogP contribution is -2.60. The Hall–Kier alpha value is -1.98. The Labute approximate surface area is 151 Å². The number of aryl methyl sites for hydroxylation is 2. The molecule has 1 saturated carbocycles. The van der Waals surface area contributed by atoms with Crippen molar-refractivity contribution in [3.8, 4) is 0 Å². The van der Waals surface area contributed by atoms with E-state index in [0.29, 0.717) is 12.8 Å². The highest BCUT2D eigenvalue weighted by Gasteiger charge is 2.46. The fourth-order valence-electron chi connectivity index (χ4n) is 3.16. The number of carbonyl (C=O) groups is 2. The van der Waals surface area contributed by atoms with Gasteiger partial charge in [0.25, 0.3) is 0 Å². The van der Waals surface area contributed by atoms with Gasteiger partial charge in [-0.05, 0) is 26.7 Å². The van der Waals surface area contributed by atoms with E-state index in [1.54, 1.807) is 0 Å². The number of carboxylic acid groups (broad SMARTS) is 1. The molecule has 0 aromatic carbocycles. The topological polar surface area (TPSA) is 148 Å². The molecule has 1 fully saturated rings. The van der Waals surface area contributed by atoms with E-state index in [1.165, 1.54) is 21.0 Å². The van der Waals surface area contributed by atoms with E-state index >= 15 is 0 Å². The van der Waals surface area contributed by atoms with E-state index in [-0.39, 0.29) is 35.8 Å². The van der Waals surface area contributed by atoms with Crippen LogP contribution >= 0.6 is 0 Å². The number of amides is 1. The minimum Gasteiger partial charge on any atom is -0.480 e. The number of carboxylic acids is 1. The van der Waals surface area contributed by atoms with Crippen LogP contribution in [0.15, 0.2) is 9.42 Å². The number of ether oxygens (including phenoxy) is 1. The first-order valence-electron chi connectivity index (χ1n) is 8.12. The number of hydrogen-bond donors (Lipinski definition) is 3. The van der Waals surface area contributed by atoms with Crippen molar-refractivity contribution in [2.45, 2.75) is 56.0 Å². The summed E-state index contributed by atoms with van der Waals surface area (Å²) in [5.74, 6) is -1.83. The van der Waals surface area contributed by atoms with Crippen molar-refractivity contribution in [3.05, 3.63) is 11.5 Å². The van der Waals surface area contributed by atoms with Crippen molar-refractivity contribution in [2.24, 2.45) is 0 Å². The quantitative estimate of drug-likeness (QED) is 0.567. The summed E-state index contributed by atoms with van der Waals surface area (Å²) in [6, 6.07) is -1.27. The van der Waals surface area contributed by atoms with Crippen LogP contribution in [0.3, 0.4) is 0 Å². The third kappa shape index (κ3) is 4.05. The average molecular weight is 389 g/mol. The molecule has 1 heterocycles. The molecule has 1 aliphatic rings. The molecule has 1 atom stereocenters. The molecule has 2 rings (SSSR count). The molecule has 0 saturated heterocycles. The highest BCUT2D eigenvalue weighted by molar-refractivity contribution is 7.89. The molecule has 10 nitrogen and oxygen atoms in total. The first-order chi connectivity index (χ1) is 12.1. The van der Waals surface area contributed by atoms with E-state index in [2.05, 4.69) is 15.2 Å². The van der Waals surface area contributed by atoms with Gasteiger partial charge in [-0.1, -0.05) is 18.0 Å². The molecule has 0 spiro atoms. The lowest BCUT2D eigenvalue weighted by atomic mass is 9.97. The van der Waals surface area contributed by atoms with Gasteiger partial charge < -0.3 is 19.7 Å².